The molecule has 6 aromatic carbocycles. The fourth-order valence-electron chi connectivity index (χ4n) is 9.82. The van der Waals surface area contributed by atoms with Crippen LogP contribution in [0.3, 0.4) is 0 Å². The topological polar surface area (TPSA) is 47.9 Å². The highest BCUT2D eigenvalue weighted by Gasteiger charge is 2.56. The quantitative estimate of drug-likeness (QED) is 0.180. The van der Waals surface area contributed by atoms with Crippen LogP contribution in [0.5, 0.6) is 0 Å². The number of allylic oxidation sites excluding steroid dienone is 8. The molecular formula is C52H35N3OS. The van der Waals surface area contributed by atoms with Gasteiger partial charge in [-0.15, -0.1) is 11.3 Å². The van der Waals surface area contributed by atoms with Crippen LogP contribution in [0.2, 0.25) is 0 Å². The van der Waals surface area contributed by atoms with E-state index in [0.29, 0.717) is 17.5 Å². The molecule has 1 aliphatic heterocycles. The van der Waals surface area contributed by atoms with Crippen LogP contribution in [0.15, 0.2) is 193 Å². The van der Waals surface area contributed by atoms with Gasteiger partial charge >= 0.3 is 0 Å². The normalized spacial score (nSPS) is 18.6. The fraction of sp³-hybridized carbons (Fsp3) is 0.0962. The highest BCUT2D eigenvalue weighted by molar-refractivity contribution is 7.25. The van der Waals surface area contributed by atoms with E-state index in [1.807, 2.05) is 18.2 Å². The molecule has 2 unspecified atom stereocenters. The van der Waals surface area contributed by atoms with Crippen molar-refractivity contribution in [2.24, 2.45) is 5.92 Å². The highest BCUT2D eigenvalue weighted by atomic mass is 32.1. The van der Waals surface area contributed by atoms with Crippen LogP contribution >= 0.6 is 11.3 Å². The minimum atomic E-state index is -0.295. The molecule has 1 spiro atoms. The number of nitrogens with zero attached hydrogens (tertiary/aromatic N) is 3. The number of rotatable bonds is 4. The Balaban J connectivity index is 0.913. The van der Waals surface area contributed by atoms with Gasteiger partial charge in [-0.3, -0.25) is 0 Å². The summed E-state index contributed by atoms with van der Waals surface area (Å²) >= 11 is 1.80. The summed E-state index contributed by atoms with van der Waals surface area (Å²) in [5, 5.41) is 2.54. The second-order valence-electron chi connectivity index (χ2n) is 15.4. The Bertz CT molecular complexity index is 3020. The number of thiophene rings is 1. The van der Waals surface area contributed by atoms with Gasteiger partial charge in [-0.25, -0.2) is 15.0 Å². The number of aromatic nitrogens is 3. The predicted octanol–water partition coefficient (Wildman–Crippen LogP) is 13.0. The first-order valence-corrected chi connectivity index (χ1v) is 20.5. The van der Waals surface area contributed by atoms with E-state index in [1.165, 1.54) is 53.6 Å². The summed E-state index contributed by atoms with van der Waals surface area (Å²) < 4.78 is 9.43. The highest BCUT2D eigenvalue weighted by Crippen LogP contribution is 2.63. The molecule has 0 amide bonds. The molecule has 3 aliphatic carbocycles. The first-order valence-electron chi connectivity index (χ1n) is 19.7. The summed E-state index contributed by atoms with van der Waals surface area (Å²) in [5.41, 5.74) is 10.6. The minimum absolute atomic E-state index is 0.167. The Labute approximate surface area is 334 Å². The summed E-state index contributed by atoms with van der Waals surface area (Å²) in [4.78, 5) is 15.2. The van der Waals surface area contributed by atoms with Crippen molar-refractivity contribution in [1.29, 1.82) is 0 Å². The maximum Gasteiger partial charge on any atom is 0.164 e. The SMILES string of the molecule is C1=CCC2C(=C1)OC1=C(C=CC(c3ccc(-c4nc(-c5ccccc5)nc(-c5ccc6c(c5)sc5ccccc56)n4)cc3)C1)C21c2ccccc2-c2ccccc21. The van der Waals surface area contributed by atoms with Gasteiger partial charge in [0.1, 0.15) is 11.5 Å². The van der Waals surface area contributed by atoms with Crippen molar-refractivity contribution in [2.45, 2.75) is 24.2 Å². The van der Waals surface area contributed by atoms with Gasteiger partial charge < -0.3 is 4.74 Å². The molecule has 12 rings (SSSR count). The van der Waals surface area contributed by atoms with Gasteiger partial charge in [0.2, 0.25) is 0 Å². The van der Waals surface area contributed by atoms with E-state index in [2.05, 4.69) is 158 Å². The first-order chi connectivity index (χ1) is 28.2. The van der Waals surface area contributed by atoms with E-state index >= 15 is 0 Å². The van der Waals surface area contributed by atoms with Gasteiger partial charge in [-0.05, 0) is 52.4 Å². The largest absolute Gasteiger partial charge is 0.465 e. The first kappa shape index (κ1) is 32.5. The molecule has 2 aromatic heterocycles. The van der Waals surface area contributed by atoms with Crippen molar-refractivity contribution in [3.63, 3.8) is 0 Å². The van der Waals surface area contributed by atoms with Crippen molar-refractivity contribution < 1.29 is 4.74 Å². The maximum absolute atomic E-state index is 6.92. The lowest BCUT2D eigenvalue weighted by Gasteiger charge is -2.48. The molecule has 2 atom stereocenters. The lowest BCUT2D eigenvalue weighted by atomic mass is 9.59. The number of hydrogen-bond acceptors (Lipinski definition) is 5. The van der Waals surface area contributed by atoms with Gasteiger partial charge in [0.15, 0.2) is 17.5 Å². The Morgan fingerprint density at radius 1 is 0.596 bits per heavy atom. The third-order valence-corrected chi connectivity index (χ3v) is 13.5. The van der Waals surface area contributed by atoms with Crippen LogP contribution in [0.4, 0.5) is 0 Å². The van der Waals surface area contributed by atoms with Crippen LogP contribution in [0.1, 0.15) is 35.4 Å². The molecule has 8 aromatic rings. The predicted molar refractivity (Wildman–Crippen MR) is 232 cm³/mol. The van der Waals surface area contributed by atoms with E-state index in [0.717, 1.165) is 41.1 Å². The van der Waals surface area contributed by atoms with Crippen molar-refractivity contribution in [3.05, 3.63) is 210 Å². The number of fused-ring (bicyclic) bond motifs is 11. The third-order valence-electron chi connectivity index (χ3n) is 12.4. The van der Waals surface area contributed by atoms with Crippen molar-refractivity contribution in [2.75, 3.05) is 0 Å². The molecule has 0 N–H and O–H groups in total. The molecule has 0 radical (unpaired) electrons. The average Bonchev–Trinajstić information content (AvgIpc) is 3.80. The summed E-state index contributed by atoms with van der Waals surface area (Å²) in [5.74, 6) is 4.49. The van der Waals surface area contributed by atoms with Crippen LogP contribution in [-0.4, -0.2) is 15.0 Å². The molecule has 5 heteroatoms. The summed E-state index contributed by atoms with van der Waals surface area (Å²) in [6.07, 6.45) is 13.2. The molecule has 270 valence electrons. The summed E-state index contributed by atoms with van der Waals surface area (Å²) in [7, 11) is 0. The number of benzene rings is 6. The van der Waals surface area contributed by atoms with Gasteiger partial charge in [0, 0.05) is 60.7 Å². The van der Waals surface area contributed by atoms with Crippen LogP contribution in [0, 0.1) is 5.92 Å². The summed E-state index contributed by atoms with van der Waals surface area (Å²) in [6.45, 7) is 0. The van der Waals surface area contributed by atoms with E-state index in [9.17, 15) is 0 Å². The molecule has 0 bridgehead atoms. The number of ether oxygens (including phenoxy) is 1. The molecule has 0 saturated heterocycles. The van der Waals surface area contributed by atoms with E-state index in [1.54, 1.807) is 11.3 Å². The zero-order valence-electron chi connectivity index (χ0n) is 31.0. The van der Waals surface area contributed by atoms with Crippen molar-refractivity contribution in [3.8, 4) is 45.3 Å². The number of hydrogen-bond donors (Lipinski definition) is 0. The fourth-order valence-corrected chi connectivity index (χ4v) is 11.0. The second-order valence-corrected chi connectivity index (χ2v) is 16.5. The Kier molecular flexibility index (Phi) is 7.23. The third kappa shape index (κ3) is 4.95. The van der Waals surface area contributed by atoms with Gasteiger partial charge in [-0.2, -0.15) is 0 Å². The maximum atomic E-state index is 6.92. The minimum Gasteiger partial charge on any atom is -0.465 e. The Hall–Kier alpha value is -6.69. The van der Waals surface area contributed by atoms with Gasteiger partial charge in [0.05, 0.1) is 5.41 Å². The molecule has 3 heterocycles. The molecule has 4 aliphatic rings. The van der Waals surface area contributed by atoms with Crippen LogP contribution < -0.4 is 0 Å². The molecule has 57 heavy (non-hydrogen) atoms. The van der Waals surface area contributed by atoms with Crippen LogP contribution in [0.25, 0.3) is 65.5 Å². The molecule has 0 fully saturated rings. The van der Waals surface area contributed by atoms with E-state index in [4.69, 9.17) is 19.7 Å². The summed E-state index contributed by atoms with van der Waals surface area (Å²) in [6, 6.07) is 52.1. The smallest absolute Gasteiger partial charge is 0.164 e. The van der Waals surface area contributed by atoms with Crippen molar-refractivity contribution in [1.82, 2.24) is 15.0 Å². The van der Waals surface area contributed by atoms with Gasteiger partial charge in [0.25, 0.3) is 0 Å². The zero-order chi connectivity index (χ0) is 37.5. The van der Waals surface area contributed by atoms with Crippen molar-refractivity contribution >= 4 is 31.5 Å². The lowest BCUT2D eigenvalue weighted by molar-refractivity contribution is 0.174. The average molecular weight is 750 g/mol. The Morgan fingerprint density at radius 3 is 2.00 bits per heavy atom. The van der Waals surface area contributed by atoms with Crippen LogP contribution in [-0.2, 0) is 10.2 Å². The van der Waals surface area contributed by atoms with E-state index < -0.39 is 0 Å². The lowest BCUT2D eigenvalue weighted by Crippen LogP contribution is -2.43. The second kappa shape index (κ2) is 12.7. The Morgan fingerprint density at radius 2 is 1.23 bits per heavy atom. The van der Waals surface area contributed by atoms with E-state index in [-0.39, 0.29) is 17.3 Å². The molecule has 0 saturated carbocycles. The molecule has 4 nitrogen and oxygen atoms in total. The zero-order valence-corrected chi connectivity index (χ0v) is 31.8. The standard InChI is InChI=1S/C52H35N3OS/c1-2-12-33(13-3-1)49-53-50(55-51(54-49)36-26-28-40-39-16-6-11-21-47(39)57-48(40)31-36)34-24-22-32(23-25-34)35-27-29-44-46(30-35)56-45-20-10-9-19-43(45)52(44)41-17-7-4-14-37(41)38-15-5-8-18-42(38)52/h1-18,20-29,31,35,43H,19,30H2. The monoisotopic (exact) mass is 749 g/mol. The van der Waals surface area contributed by atoms with Gasteiger partial charge in [-0.1, -0.05) is 158 Å². The molecular weight excluding hydrogens is 715 g/mol.